The highest BCUT2D eigenvalue weighted by Gasteiger charge is 2.29. The van der Waals surface area contributed by atoms with Crippen LogP contribution in [0, 0.1) is 0 Å². The quantitative estimate of drug-likeness (QED) is 0.391. The molecule has 182 valence electrons. The Morgan fingerprint density at radius 3 is 2.26 bits per heavy atom. The molecule has 0 radical (unpaired) electrons. The lowest BCUT2D eigenvalue weighted by Crippen LogP contribution is -2.39. The van der Waals surface area contributed by atoms with E-state index in [0.717, 1.165) is 28.7 Å². The maximum absolute atomic E-state index is 12.6. The van der Waals surface area contributed by atoms with Crippen LogP contribution >= 0.6 is 0 Å². The standard InChI is InChI=1S/C27H28N2O6/c1-2-7-17(14-25(30)28-15-18-12-13-24(35-18)26(31)32)29-27(33)34-16-23-21-10-5-3-8-19(21)20-9-4-6-11-22(20)23/h3-6,8-13,17,23H,2,7,14-16H2,1H3,(H,28,30)(H,29,33)(H,31,32). The van der Waals surface area contributed by atoms with Gasteiger partial charge in [0.1, 0.15) is 12.4 Å². The van der Waals surface area contributed by atoms with Gasteiger partial charge in [-0.25, -0.2) is 9.59 Å². The molecule has 3 aromatic rings. The molecule has 1 unspecified atom stereocenters. The smallest absolute Gasteiger partial charge is 0.407 e. The summed E-state index contributed by atoms with van der Waals surface area (Å²) in [6, 6.07) is 18.7. The Morgan fingerprint density at radius 1 is 1.00 bits per heavy atom. The van der Waals surface area contributed by atoms with Crippen molar-refractivity contribution < 1.29 is 28.6 Å². The van der Waals surface area contributed by atoms with Crippen LogP contribution in [-0.2, 0) is 16.1 Å². The van der Waals surface area contributed by atoms with Crippen molar-refractivity contribution in [3.63, 3.8) is 0 Å². The first-order chi connectivity index (χ1) is 17.0. The van der Waals surface area contributed by atoms with Gasteiger partial charge in [0.2, 0.25) is 11.7 Å². The Hall–Kier alpha value is -4.07. The number of aromatic carboxylic acids is 1. The molecule has 0 bridgehead atoms. The van der Waals surface area contributed by atoms with E-state index in [1.165, 1.54) is 12.1 Å². The Kier molecular flexibility index (Phi) is 7.50. The van der Waals surface area contributed by atoms with Crippen molar-refractivity contribution in [2.75, 3.05) is 6.61 Å². The van der Waals surface area contributed by atoms with E-state index in [4.69, 9.17) is 14.3 Å². The minimum atomic E-state index is -1.17. The second-order valence-corrected chi connectivity index (χ2v) is 8.51. The fourth-order valence-corrected chi connectivity index (χ4v) is 4.45. The Bertz CT molecular complexity index is 1170. The van der Waals surface area contributed by atoms with Crippen LogP contribution in [-0.4, -0.2) is 35.7 Å². The van der Waals surface area contributed by atoms with Gasteiger partial charge >= 0.3 is 12.1 Å². The van der Waals surface area contributed by atoms with E-state index in [2.05, 4.69) is 34.9 Å². The number of carbonyl (C=O) groups excluding carboxylic acids is 2. The molecule has 35 heavy (non-hydrogen) atoms. The van der Waals surface area contributed by atoms with E-state index in [1.54, 1.807) is 0 Å². The molecule has 0 aliphatic heterocycles. The normalized spacial score (nSPS) is 12.9. The molecule has 0 fully saturated rings. The monoisotopic (exact) mass is 476 g/mol. The predicted molar refractivity (Wildman–Crippen MR) is 129 cm³/mol. The van der Waals surface area contributed by atoms with Crippen LogP contribution in [0.15, 0.2) is 65.1 Å². The van der Waals surface area contributed by atoms with Crippen molar-refractivity contribution in [2.24, 2.45) is 0 Å². The third kappa shape index (κ3) is 5.71. The molecule has 0 spiro atoms. The number of hydrogen-bond donors (Lipinski definition) is 3. The molecule has 1 heterocycles. The van der Waals surface area contributed by atoms with Crippen LogP contribution in [0.2, 0.25) is 0 Å². The summed E-state index contributed by atoms with van der Waals surface area (Å²) >= 11 is 0. The zero-order chi connectivity index (χ0) is 24.8. The summed E-state index contributed by atoms with van der Waals surface area (Å²) < 4.78 is 10.7. The van der Waals surface area contributed by atoms with Gasteiger partial charge in [-0.05, 0) is 40.8 Å². The van der Waals surface area contributed by atoms with Crippen molar-refractivity contribution >= 4 is 18.0 Å². The Labute approximate surface area is 203 Å². The van der Waals surface area contributed by atoms with Gasteiger partial charge in [-0.1, -0.05) is 61.9 Å². The van der Waals surface area contributed by atoms with E-state index in [1.807, 2.05) is 31.2 Å². The first-order valence-electron chi connectivity index (χ1n) is 11.7. The van der Waals surface area contributed by atoms with Gasteiger partial charge in [-0.3, -0.25) is 4.79 Å². The van der Waals surface area contributed by atoms with Crippen molar-refractivity contribution in [3.8, 4) is 11.1 Å². The van der Waals surface area contributed by atoms with Crippen LogP contribution in [0.3, 0.4) is 0 Å². The van der Waals surface area contributed by atoms with Crippen molar-refractivity contribution in [2.45, 2.75) is 44.7 Å². The summed E-state index contributed by atoms with van der Waals surface area (Å²) in [5.74, 6) is -1.33. The van der Waals surface area contributed by atoms with E-state index in [-0.39, 0.29) is 43.2 Å². The number of benzene rings is 2. The minimum absolute atomic E-state index is 0.0370. The third-order valence-electron chi connectivity index (χ3n) is 6.07. The molecule has 2 amide bonds. The lowest BCUT2D eigenvalue weighted by molar-refractivity contribution is -0.121. The van der Waals surface area contributed by atoms with Gasteiger partial charge in [-0.2, -0.15) is 0 Å². The van der Waals surface area contributed by atoms with Gasteiger partial charge in [-0.15, -0.1) is 0 Å². The first-order valence-corrected chi connectivity index (χ1v) is 11.7. The van der Waals surface area contributed by atoms with Gasteiger partial charge in [0.15, 0.2) is 0 Å². The molecule has 1 aromatic heterocycles. The average Bonchev–Trinajstić information content (AvgIpc) is 3.45. The first kappa shape index (κ1) is 24.1. The fraction of sp³-hybridized carbons (Fsp3) is 0.296. The second-order valence-electron chi connectivity index (χ2n) is 8.51. The number of furan rings is 1. The Morgan fingerprint density at radius 2 is 1.66 bits per heavy atom. The van der Waals surface area contributed by atoms with Gasteiger partial charge < -0.3 is 24.9 Å². The zero-order valence-electron chi connectivity index (χ0n) is 19.5. The summed E-state index contributed by atoms with van der Waals surface area (Å²) in [4.78, 5) is 35.9. The van der Waals surface area contributed by atoms with Crippen molar-refractivity contribution in [1.82, 2.24) is 10.6 Å². The molecular formula is C27H28N2O6. The molecule has 1 atom stereocenters. The molecule has 3 N–H and O–H groups in total. The molecule has 8 heteroatoms. The molecule has 0 saturated carbocycles. The summed E-state index contributed by atoms with van der Waals surface area (Å²) in [6.07, 6.45) is 0.906. The van der Waals surface area contributed by atoms with E-state index in [0.29, 0.717) is 12.2 Å². The Balaban J connectivity index is 1.30. The number of carbonyl (C=O) groups is 3. The number of nitrogens with one attached hydrogen (secondary N) is 2. The molecule has 2 aromatic carbocycles. The number of fused-ring (bicyclic) bond motifs is 3. The van der Waals surface area contributed by atoms with Crippen molar-refractivity contribution in [1.29, 1.82) is 0 Å². The van der Waals surface area contributed by atoms with Gasteiger partial charge in [0.25, 0.3) is 0 Å². The average molecular weight is 477 g/mol. The number of carboxylic acids is 1. The predicted octanol–water partition coefficient (Wildman–Crippen LogP) is 4.69. The maximum Gasteiger partial charge on any atom is 0.407 e. The number of hydrogen-bond acceptors (Lipinski definition) is 5. The van der Waals surface area contributed by atoms with Gasteiger partial charge in [0, 0.05) is 18.4 Å². The molecular weight excluding hydrogens is 448 g/mol. The van der Waals surface area contributed by atoms with Crippen LogP contribution in [0.25, 0.3) is 11.1 Å². The van der Waals surface area contributed by atoms with E-state index < -0.39 is 12.1 Å². The fourth-order valence-electron chi connectivity index (χ4n) is 4.45. The highest BCUT2D eigenvalue weighted by atomic mass is 16.5. The lowest BCUT2D eigenvalue weighted by atomic mass is 9.98. The van der Waals surface area contributed by atoms with Crippen molar-refractivity contribution in [3.05, 3.63) is 83.3 Å². The zero-order valence-corrected chi connectivity index (χ0v) is 19.5. The molecule has 1 aliphatic rings. The SMILES string of the molecule is CCCC(CC(=O)NCc1ccc(C(=O)O)o1)NC(=O)OCC1c2ccccc2-c2ccccc21. The van der Waals surface area contributed by atoms with Crippen LogP contribution in [0.5, 0.6) is 0 Å². The largest absolute Gasteiger partial charge is 0.475 e. The molecule has 4 rings (SSSR count). The maximum atomic E-state index is 12.6. The third-order valence-corrected chi connectivity index (χ3v) is 6.07. The number of rotatable bonds is 10. The minimum Gasteiger partial charge on any atom is -0.475 e. The topological polar surface area (TPSA) is 118 Å². The van der Waals surface area contributed by atoms with Gasteiger partial charge in [0.05, 0.1) is 6.54 Å². The summed E-state index contributed by atoms with van der Waals surface area (Å²) in [5, 5.41) is 14.4. The number of amides is 2. The van der Waals surface area contributed by atoms with Crippen LogP contribution < -0.4 is 10.6 Å². The molecule has 1 aliphatic carbocycles. The lowest BCUT2D eigenvalue weighted by Gasteiger charge is -2.19. The van der Waals surface area contributed by atoms with E-state index in [9.17, 15) is 14.4 Å². The summed E-state index contributed by atoms with van der Waals surface area (Å²) in [6.45, 7) is 2.24. The number of ether oxygens (including phenoxy) is 1. The van der Waals surface area contributed by atoms with Crippen LogP contribution in [0.4, 0.5) is 4.79 Å². The number of carboxylic acid groups (broad SMARTS) is 1. The second kappa shape index (κ2) is 10.9. The van der Waals surface area contributed by atoms with E-state index >= 15 is 0 Å². The van der Waals surface area contributed by atoms with Crippen LogP contribution in [0.1, 0.15) is 59.5 Å². The highest BCUT2D eigenvalue weighted by molar-refractivity contribution is 5.84. The highest BCUT2D eigenvalue weighted by Crippen LogP contribution is 2.44. The molecule has 0 saturated heterocycles. The summed E-state index contributed by atoms with van der Waals surface area (Å²) in [5.41, 5.74) is 4.58. The summed E-state index contributed by atoms with van der Waals surface area (Å²) in [7, 11) is 0. The number of alkyl carbamates (subject to hydrolysis) is 1. The molecule has 8 nitrogen and oxygen atoms in total.